The molecule has 34 heavy (non-hydrogen) atoms. The van der Waals surface area contributed by atoms with Crippen LogP contribution in [0.5, 0.6) is 0 Å². The van der Waals surface area contributed by atoms with Crippen LogP contribution in [-0.4, -0.2) is 27.6 Å². The van der Waals surface area contributed by atoms with Gasteiger partial charge >= 0.3 is 6.18 Å². The lowest BCUT2D eigenvalue weighted by atomic mass is 10.2. The SMILES string of the molecule is CN(c1ccccc1/C=N/NC(=O)c1cc(Cl)ccc1Cl)S(=O)(=O)c1ccc(C(F)(F)F)cc1. The monoisotopic (exact) mass is 529 g/mol. The highest BCUT2D eigenvalue weighted by molar-refractivity contribution is 7.92. The van der Waals surface area contributed by atoms with Gasteiger partial charge in [-0.3, -0.25) is 9.10 Å². The first-order valence-electron chi connectivity index (χ1n) is 9.45. The van der Waals surface area contributed by atoms with Crippen molar-refractivity contribution in [2.24, 2.45) is 5.10 Å². The summed E-state index contributed by atoms with van der Waals surface area (Å²) in [5, 5.41) is 4.32. The molecule has 0 saturated carbocycles. The van der Waals surface area contributed by atoms with E-state index in [2.05, 4.69) is 10.5 Å². The molecular weight excluding hydrogens is 514 g/mol. The number of benzene rings is 3. The summed E-state index contributed by atoms with van der Waals surface area (Å²) in [6.45, 7) is 0. The van der Waals surface area contributed by atoms with E-state index in [1.165, 1.54) is 37.5 Å². The maximum Gasteiger partial charge on any atom is 0.416 e. The molecule has 0 aliphatic carbocycles. The van der Waals surface area contributed by atoms with Gasteiger partial charge in [-0.05, 0) is 48.5 Å². The van der Waals surface area contributed by atoms with E-state index in [0.29, 0.717) is 22.7 Å². The van der Waals surface area contributed by atoms with Crippen LogP contribution >= 0.6 is 23.2 Å². The van der Waals surface area contributed by atoms with Crippen molar-refractivity contribution in [3.05, 3.63) is 93.5 Å². The van der Waals surface area contributed by atoms with Gasteiger partial charge in [-0.25, -0.2) is 13.8 Å². The molecule has 6 nitrogen and oxygen atoms in total. The molecule has 1 N–H and O–H groups in total. The van der Waals surface area contributed by atoms with Gasteiger partial charge in [0.25, 0.3) is 15.9 Å². The zero-order valence-corrected chi connectivity index (χ0v) is 19.7. The largest absolute Gasteiger partial charge is 0.416 e. The summed E-state index contributed by atoms with van der Waals surface area (Å²) in [4.78, 5) is 12.0. The molecule has 0 atom stereocenters. The first-order chi connectivity index (χ1) is 15.9. The molecule has 3 aromatic rings. The number of hydrazone groups is 1. The third-order valence-corrected chi connectivity index (χ3v) is 7.01. The van der Waals surface area contributed by atoms with Crippen LogP contribution < -0.4 is 9.73 Å². The van der Waals surface area contributed by atoms with Crippen LogP contribution in [0.25, 0.3) is 0 Å². The first-order valence-corrected chi connectivity index (χ1v) is 11.6. The number of carbonyl (C=O) groups is 1. The molecule has 0 saturated heterocycles. The Morgan fingerprint density at radius 3 is 2.32 bits per heavy atom. The molecule has 0 heterocycles. The van der Waals surface area contributed by atoms with Crippen LogP contribution in [0.15, 0.2) is 76.7 Å². The van der Waals surface area contributed by atoms with Crippen molar-refractivity contribution in [1.82, 2.24) is 5.43 Å². The third kappa shape index (κ3) is 5.69. The number of para-hydroxylation sites is 1. The highest BCUT2D eigenvalue weighted by atomic mass is 35.5. The minimum absolute atomic E-state index is 0.0987. The van der Waals surface area contributed by atoms with Crippen molar-refractivity contribution in [1.29, 1.82) is 0 Å². The van der Waals surface area contributed by atoms with Gasteiger partial charge in [0.2, 0.25) is 0 Å². The van der Waals surface area contributed by atoms with Crippen LogP contribution in [0.3, 0.4) is 0 Å². The molecule has 12 heteroatoms. The van der Waals surface area contributed by atoms with Crippen molar-refractivity contribution in [2.75, 3.05) is 11.4 Å². The summed E-state index contributed by atoms with van der Waals surface area (Å²) in [5.74, 6) is -0.632. The van der Waals surface area contributed by atoms with E-state index in [0.717, 1.165) is 16.4 Å². The zero-order chi connectivity index (χ0) is 25.1. The number of carbonyl (C=O) groups excluding carboxylic acids is 1. The third-order valence-electron chi connectivity index (χ3n) is 4.66. The van der Waals surface area contributed by atoms with Gasteiger partial charge in [-0.2, -0.15) is 18.3 Å². The second kappa shape index (κ2) is 10.0. The van der Waals surface area contributed by atoms with Crippen LogP contribution in [-0.2, 0) is 16.2 Å². The standard InChI is InChI=1S/C22H16Cl2F3N3O3S/c1-30(34(32,33)17-9-6-15(7-10-17)22(25,26)27)20-5-3-2-4-14(20)13-28-29-21(31)18-12-16(23)8-11-19(18)24/h2-13H,1H3,(H,29,31)/b28-13+. The quantitative estimate of drug-likeness (QED) is 0.333. The summed E-state index contributed by atoms with van der Waals surface area (Å²) in [6, 6.07) is 13.8. The van der Waals surface area contributed by atoms with Crippen molar-refractivity contribution < 1.29 is 26.4 Å². The molecule has 3 aromatic carbocycles. The molecule has 178 valence electrons. The summed E-state index contributed by atoms with van der Waals surface area (Å²) in [7, 11) is -2.93. The topological polar surface area (TPSA) is 78.8 Å². The van der Waals surface area contributed by atoms with Gasteiger partial charge in [0.05, 0.1) is 32.9 Å². The number of hydrogen-bond donors (Lipinski definition) is 1. The minimum Gasteiger partial charge on any atom is -0.269 e. The average Bonchev–Trinajstić information content (AvgIpc) is 2.80. The number of halogens is 5. The Labute approximate surface area is 203 Å². The van der Waals surface area contributed by atoms with E-state index in [9.17, 15) is 26.4 Å². The lowest BCUT2D eigenvalue weighted by Crippen LogP contribution is -2.27. The summed E-state index contributed by atoms with van der Waals surface area (Å²) >= 11 is 11.9. The molecule has 0 fully saturated rings. The number of rotatable bonds is 6. The second-order valence-corrected chi connectivity index (χ2v) is 9.69. The van der Waals surface area contributed by atoms with Crippen LogP contribution in [0.1, 0.15) is 21.5 Å². The fourth-order valence-corrected chi connectivity index (χ4v) is 4.48. The maximum absolute atomic E-state index is 13.0. The molecule has 0 aliphatic rings. The lowest BCUT2D eigenvalue weighted by molar-refractivity contribution is -0.137. The molecule has 0 unspecified atom stereocenters. The second-order valence-electron chi connectivity index (χ2n) is 6.88. The molecule has 0 aromatic heterocycles. The Balaban J connectivity index is 1.84. The smallest absolute Gasteiger partial charge is 0.269 e. The number of amides is 1. The van der Waals surface area contributed by atoms with Gasteiger partial charge in [0.15, 0.2) is 0 Å². The number of sulfonamides is 1. The first kappa shape index (κ1) is 25.5. The predicted molar refractivity (Wildman–Crippen MR) is 125 cm³/mol. The Kier molecular flexibility index (Phi) is 7.54. The zero-order valence-electron chi connectivity index (χ0n) is 17.3. The fourth-order valence-electron chi connectivity index (χ4n) is 2.88. The Morgan fingerprint density at radius 2 is 1.68 bits per heavy atom. The van der Waals surface area contributed by atoms with E-state index in [1.54, 1.807) is 18.2 Å². The van der Waals surface area contributed by atoms with Gasteiger partial charge in [-0.1, -0.05) is 41.4 Å². The number of nitrogens with one attached hydrogen (secondary N) is 1. The highest BCUT2D eigenvalue weighted by Gasteiger charge is 2.31. The van der Waals surface area contributed by atoms with E-state index in [1.807, 2.05) is 0 Å². The lowest BCUT2D eigenvalue weighted by Gasteiger charge is -2.21. The number of anilines is 1. The van der Waals surface area contributed by atoms with E-state index >= 15 is 0 Å². The molecule has 0 bridgehead atoms. The average molecular weight is 530 g/mol. The summed E-state index contributed by atoms with van der Waals surface area (Å²) in [6.07, 6.45) is -3.36. The molecule has 0 spiro atoms. The van der Waals surface area contributed by atoms with E-state index in [-0.39, 0.29) is 21.2 Å². The van der Waals surface area contributed by atoms with Gasteiger partial charge in [-0.15, -0.1) is 0 Å². The molecule has 0 aliphatic heterocycles. The van der Waals surface area contributed by atoms with Crippen LogP contribution in [0.2, 0.25) is 10.0 Å². The van der Waals surface area contributed by atoms with E-state index in [4.69, 9.17) is 23.2 Å². The van der Waals surface area contributed by atoms with Crippen LogP contribution in [0, 0.1) is 0 Å². The molecule has 3 rings (SSSR count). The number of alkyl halides is 3. The summed E-state index contributed by atoms with van der Waals surface area (Å²) in [5.41, 5.74) is 1.92. The van der Waals surface area contributed by atoms with Crippen molar-refractivity contribution in [2.45, 2.75) is 11.1 Å². The van der Waals surface area contributed by atoms with E-state index < -0.39 is 27.7 Å². The van der Waals surface area contributed by atoms with Gasteiger partial charge in [0, 0.05) is 17.6 Å². The Morgan fingerprint density at radius 1 is 1.03 bits per heavy atom. The van der Waals surface area contributed by atoms with Crippen molar-refractivity contribution in [3.8, 4) is 0 Å². The number of hydrogen-bond acceptors (Lipinski definition) is 4. The highest BCUT2D eigenvalue weighted by Crippen LogP contribution is 2.31. The molecule has 0 radical (unpaired) electrons. The van der Waals surface area contributed by atoms with Crippen molar-refractivity contribution >= 4 is 51.0 Å². The maximum atomic E-state index is 13.0. The minimum atomic E-state index is -4.59. The predicted octanol–water partition coefficient (Wildman–Crippen LogP) is 5.60. The van der Waals surface area contributed by atoms with Crippen molar-refractivity contribution in [3.63, 3.8) is 0 Å². The van der Waals surface area contributed by atoms with Gasteiger partial charge in [0.1, 0.15) is 0 Å². The fraction of sp³-hybridized carbons (Fsp3) is 0.0909. The number of nitrogens with zero attached hydrogens (tertiary/aromatic N) is 2. The van der Waals surface area contributed by atoms with Gasteiger partial charge < -0.3 is 0 Å². The molecule has 1 amide bonds. The Hall–Kier alpha value is -3.08. The van der Waals surface area contributed by atoms with Crippen LogP contribution in [0.4, 0.5) is 18.9 Å². The summed E-state index contributed by atoms with van der Waals surface area (Å²) < 4.78 is 65.3. The normalized spacial score (nSPS) is 12.1. The Bertz CT molecular complexity index is 1350. The molecular formula is C22H16Cl2F3N3O3S.